The second-order valence-electron chi connectivity index (χ2n) is 5.90. The summed E-state index contributed by atoms with van der Waals surface area (Å²) in [6, 6.07) is 7.79. The first-order valence-corrected chi connectivity index (χ1v) is 8.26. The number of carbonyl (C=O) groups is 1. The first-order valence-electron chi connectivity index (χ1n) is 7.88. The van der Waals surface area contributed by atoms with Crippen LogP contribution < -0.4 is 10.6 Å². The second-order valence-corrected chi connectivity index (χ2v) is 6.34. The average Bonchev–Trinajstić information content (AvgIpc) is 2.53. The molecule has 2 rings (SSSR count). The van der Waals surface area contributed by atoms with Crippen LogP contribution in [0.15, 0.2) is 24.3 Å². The number of benzene rings is 1. The highest BCUT2D eigenvalue weighted by atomic mass is 35.5. The minimum Gasteiger partial charge on any atom is -0.349 e. The van der Waals surface area contributed by atoms with E-state index in [2.05, 4.69) is 24.5 Å². The zero-order valence-corrected chi connectivity index (χ0v) is 13.7. The Morgan fingerprint density at radius 1 is 1.48 bits per heavy atom. The summed E-state index contributed by atoms with van der Waals surface area (Å²) in [6.07, 6.45) is 3.76. The van der Waals surface area contributed by atoms with Crippen LogP contribution in [0.2, 0.25) is 5.02 Å². The number of piperidine rings is 1. The monoisotopic (exact) mass is 308 g/mol. The van der Waals surface area contributed by atoms with Gasteiger partial charge >= 0.3 is 0 Å². The Morgan fingerprint density at radius 3 is 2.86 bits per heavy atom. The van der Waals surface area contributed by atoms with Crippen molar-refractivity contribution in [2.24, 2.45) is 5.41 Å². The first-order chi connectivity index (χ1) is 10.1. The van der Waals surface area contributed by atoms with Crippen LogP contribution in [-0.4, -0.2) is 19.0 Å². The van der Waals surface area contributed by atoms with Gasteiger partial charge in [-0.2, -0.15) is 0 Å². The zero-order valence-electron chi connectivity index (χ0n) is 12.9. The fraction of sp³-hybridized carbons (Fsp3) is 0.588. The summed E-state index contributed by atoms with van der Waals surface area (Å²) in [4.78, 5) is 12.8. The maximum absolute atomic E-state index is 12.8. The molecule has 1 amide bonds. The highest BCUT2D eigenvalue weighted by Gasteiger charge is 2.38. The predicted molar refractivity (Wildman–Crippen MR) is 87.5 cm³/mol. The molecule has 1 aromatic rings. The van der Waals surface area contributed by atoms with Gasteiger partial charge in [0.2, 0.25) is 5.91 Å². The lowest BCUT2D eigenvalue weighted by molar-refractivity contribution is -0.133. The van der Waals surface area contributed by atoms with E-state index < -0.39 is 0 Å². The van der Waals surface area contributed by atoms with Crippen LogP contribution in [-0.2, 0) is 4.79 Å². The summed E-state index contributed by atoms with van der Waals surface area (Å²) in [5, 5.41) is 7.31. The van der Waals surface area contributed by atoms with Crippen molar-refractivity contribution in [3.63, 3.8) is 0 Å². The smallest absolute Gasteiger partial charge is 0.227 e. The van der Waals surface area contributed by atoms with Gasteiger partial charge in [0.1, 0.15) is 0 Å². The average molecular weight is 309 g/mol. The Hall–Kier alpha value is -1.06. The van der Waals surface area contributed by atoms with Crippen molar-refractivity contribution in [2.45, 2.75) is 45.6 Å². The summed E-state index contributed by atoms with van der Waals surface area (Å²) >= 11 is 6.06. The molecule has 116 valence electrons. The Balaban J connectivity index is 2.12. The molecule has 3 nitrogen and oxygen atoms in total. The van der Waals surface area contributed by atoms with Gasteiger partial charge in [0, 0.05) is 11.6 Å². The van der Waals surface area contributed by atoms with E-state index in [-0.39, 0.29) is 17.4 Å². The first kappa shape index (κ1) is 16.3. The van der Waals surface area contributed by atoms with Gasteiger partial charge in [0.05, 0.1) is 11.5 Å². The summed E-state index contributed by atoms with van der Waals surface area (Å²) in [6.45, 7) is 5.98. The lowest BCUT2D eigenvalue weighted by Crippen LogP contribution is -2.50. The number of amides is 1. The quantitative estimate of drug-likeness (QED) is 0.871. The molecule has 0 bridgehead atoms. The second kappa shape index (κ2) is 7.28. The van der Waals surface area contributed by atoms with Crippen molar-refractivity contribution < 1.29 is 4.79 Å². The standard InChI is InChI=1S/C17H25ClN2O/c1-3-15(13-7-5-8-14(18)11-13)20-16(21)17(4-2)9-6-10-19-12-17/h5,7-8,11,15,19H,3-4,6,9-10,12H2,1-2H3,(H,20,21). The van der Waals surface area contributed by atoms with Crippen molar-refractivity contribution in [2.75, 3.05) is 13.1 Å². The van der Waals surface area contributed by atoms with Gasteiger partial charge in [-0.1, -0.05) is 37.6 Å². The van der Waals surface area contributed by atoms with Gasteiger partial charge in [-0.15, -0.1) is 0 Å². The molecule has 21 heavy (non-hydrogen) atoms. The van der Waals surface area contributed by atoms with Gasteiger partial charge in [0.25, 0.3) is 0 Å². The van der Waals surface area contributed by atoms with E-state index in [4.69, 9.17) is 11.6 Å². The van der Waals surface area contributed by atoms with Crippen molar-refractivity contribution in [1.82, 2.24) is 10.6 Å². The van der Waals surface area contributed by atoms with E-state index in [1.165, 1.54) is 0 Å². The third kappa shape index (κ3) is 3.78. The largest absolute Gasteiger partial charge is 0.349 e. The van der Waals surface area contributed by atoms with E-state index in [1.807, 2.05) is 24.3 Å². The van der Waals surface area contributed by atoms with Crippen LogP contribution in [0.25, 0.3) is 0 Å². The summed E-state index contributed by atoms with van der Waals surface area (Å²) in [5.41, 5.74) is 0.818. The lowest BCUT2D eigenvalue weighted by Gasteiger charge is -2.36. The van der Waals surface area contributed by atoms with Crippen LogP contribution in [0.3, 0.4) is 0 Å². The van der Waals surface area contributed by atoms with E-state index in [0.29, 0.717) is 5.02 Å². The van der Waals surface area contributed by atoms with Gasteiger partial charge in [-0.05, 0) is 49.9 Å². The van der Waals surface area contributed by atoms with Crippen LogP contribution in [0.1, 0.15) is 51.1 Å². The number of rotatable bonds is 5. The maximum Gasteiger partial charge on any atom is 0.227 e. The van der Waals surface area contributed by atoms with Gasteiger partial charge in [0.15, 0.2) is 0 Å². The third-order valence-electron chi connectivity index (χ3n) is 4.60. The van der Waals surface area contributed by atoms with E-state index in [0.717, 1.165) is 44.3 Å². The molecule has 1 aliphatic rings. The summed E-state index contributed by atoms with van der Waals surface area (Å²) < 4.78 is 0. The van der Waals surface area contributed by atoms with E-state index in [1.54, 1.807) is 0 Å². The van der Waals surface area contributed by atoms with Gasteiger partial charge in [-0.25, -0.2) is 0 Å². The number of nitrogens with one attached hydrogen (secondary N) is 2. The van der Waals surface area contributed by atoms with Crippen molar-refractivity contribution in [1.29, 1.82) is 0 Å². The highest BCUT2D eigenvalue weighted by molar-refractivity contribution is 6.30. The van der Waals surface area contributed by atoms with Gasteiger partial charge < -0.3 is 10.6 Å². The molecule has 0 radical (unpaired) electrons. The molecule has 0 saturated carbocycles. The minimum absolute atomic E-state index is 0.0292. The van der Waals surface area contributed by atoms with Crippen LogP contribution in [0.5, 0.6) is 0 Å². The molecule has 1 aliphatic heterocycles. The molecule has 1 heterocycles. The van der Waals surface area contributed by atoms with Crippen molar-refractivity contribution >= 4 is 17.5 Å². The summed E-state index contributed by atoms with van der Waals surface area (Å²) in [7, 11) is 0. The molecule has 0 aliphatic carbocycles. The number of carbonyl (C=O) groups excluding carboxylic acids is 1. The topological polar surface area (TPSA) is 41.1 Å². The zero-order chi connectivity index (χ0) is 15.3. The third-order valence-corrected chi connectivity index (χ3v) is 4.83. The minimum atomic E-state index is -0.260. The molecular formula is C17H25ClN2O. The number of hydrogen-bond donors (Lipinski definition) is 2. The molecule has 2 atom stereocenters. The van der Waals surface area contributed by atoms with Crippen molar-refractivity contribution in [3.05, 3.63) is 34.9 Å². The predicted octanol–water partition coefficient (Wildman–Crippen LogP) is 3.69. The molecule has 0 aromatic heterocycles. The molecule has 1 saturated heterocycles. The fourth-order valence-electron chi connectivity index (χ4n) is 3.08. The van der Waals surface area contributed by atoms with Gasteiger partial charge in [-0.3, -0.25) is 4.79 Å². The number of halogens is 1. The molecule has 0 spiro atoms. The molecular weight excluding hydrogens is 284 g/mol. The van der Waals surface area contributed by atoms with Crippen LogP contribution in [0, 0.1) is 5.41 Å². The molecule has 2 unspecified atom stereocenters. The summed E-state index contributed by atoms with van der Waals surface area (Å²) in [5.74, 6) is 0.170. The Labute approximate surface area is 132 Å². The molecule has 1 aromatic carbocycles. The van der Waals surface area contributed by atoms with Crippen LogP contribution >= 0.6 is 11.6 Å². The van der Waals surface area contributed by atoms with E-state index in [9.17, 15) is 4.79 Å². The molecule has 1 fully saturated rings. The number of hydrogen-bond acceptors (Lipinski definition) is 2. The maximum atomic E-state index is 12.8. The molecule has 4 heteroatoms. The lowest BCUT2D eigenvalue weighted by atomic mass is 9.77. The van der Waals surface area contributed by atoms with Crippen LogP contribution in [0.4, 0.5) is 0 Å². The Morgan fingerprint density at radius 2 is 2.29 bits per heavy atom. The normalized spacial score (nSPS) is 23.6. The molecule has 2 N–H and O–H groups in total. The fourth-order valence-corrected chi connectivity index (χ4v) is 3.28. The Bertz CT molecular complexity index is 483. The van der Waals surface area contributed by atoms with Crippen molar-refractivity contribution in [3.8, 4) is 0 Å². The highest BCUT2D eigenvalue weighted by Crippen LogP contribution is 2.31. The SMILES string of the molecule is CCC(NC(=O)C1(CC)CCCNC1)c1cccc(Cl)c1. The Kier molecular flexibility index (Phi) is 5.65. The van der Waals surface area contributed by atoms with E-state index >= 15 is 0 Å².